The second-order valence-electron chi connectivity index (χ2n) is 8.50. The van der Waals surface area contributed by atoms with Crippen LogP contribution in [0.1, 0.15) is 43.2 Å². The average molecular weight is 403 g/mol. The maximum absolute atomic E-state index is 5.84. The Morgan fingerprint density at radius 2 is 1.73 bits per heavy atom. The fraction of sp³-hybridized carbons (Fsp3) is 0.360. The van der Waals surface area contributed by atoms with Gasteiger partial charge in [0.25, 0.3) is 0 Å². The molecular formula is C25H30N4O. The van der Waals surface area contributed by atoms with E-state index in [0.29, 0.717) is 23.7 Å². The van der Waals surface area contributed by atoms with Crippen LogP contribution in [-0.2, 0) is 0 Å². The molecule has 0 bridgehead atoms. The molecule has 1 fully saturated rings. The summed E-state index contributed by atoms with van der Waals surface area (Å²) in [5, 5.41) is 8.37. The highest BCUT2D eigenvalue weighted by molar-refractivity contribution is 5.67. The van der Waals surface area contributed by atoms with Crippen molar-refractivity contribution in [2.45, 2.75) is 32.2 Å². The molecule has 0 aliphatic carbocycles. The minimum Gasteiger partial charge on any atom is -0.417 e. The second-order valence-corrected chi connectivity index (χ2v) is 8.50. The van der Waals surface area contributed by atoms with Gasteiger partial charge in [-0.2, -0.15) is 0 Å². The zero-order valence-electron chi connectivity index (χ0n) is 18.2. The van der Waals surface area contributed by atoms with E-state index in [4.69, 9.17) is 4.42 Å². The molecule has 4 rings (SSSR count). The van der Waals surface area contributed by atoms with Gasteiger partial charge in [0.05, 0.1) is 0 Å². The van der Waals surface area contributed by atoms with Crippen molar-refractivity contribution in [1.82, 2.24) is 15.1 Å². The molecule has 0 amide bonds. The smallest absolute Gasteiger partial charge is 0.248 e. The topological polar surface area (TPSA) is 45.4 Å². The Balaban J connectivity index is 1.41. The zero-order valence-corrected chi connectivity index (χ0v) is 18.2. The van der Waals surface area contributed by atoms with Crippen molar-refractivity contribution in [2.24, 2.45) is 0 Å². The van der Waals surface area contributed by atoms with E-state index in [1.807, 2.05) is 12.2 Å². The normalized spacial score (nSPS) is 17.0. The number of aromatic nitrogens is 2. The van der Waals surface area contributed by atoms with Crippen LogP contribution in [0.15, 0.2) is 52.9 Å². The third-order valence-corrected chi connectivity index (χ3v) is 5.84. The lowest BCUT2D eigenvalue weighted by molar-refractivity contribution is 0.315. The van der Waals surface area contributed by atoms with E-state index < -0.39 is 0 Å². The molecular weight excluding hydrogens is 372 g/mol. The summed E-state index contributed by atoms with van der Waals surface area (Å²) >= 11 is 0. The van der Waals surface area contributed by atoms with E-state index in [1.54, 1.807) is 0 Å². The molecule has 1 saturated heterocycles. The highest BCUT2D eigenvalue weighted by atomic mass is 16.4. The molecule has 1 aliphatic heterocycles. The number of hydrogen-bond acceptors (Lipinski definition) is 5. The summed E-state index contributed by atoms with van der Waals surface area (Å²) in [7, 11) is 4.30. The first-order valence-corrected chi connectivity index (χ1v) is 10.6. The van der Waals surface area contributed by atoms with Gasteiger partial charge in [0, 0.05) is 36.5 Å². The van der Waals surface area contributed by atoms with Gasteiger partial charge in [0.1, 0.15) is 0 Å². The molecule has 2 aromatic carbocycles. The summed E-state index contributed by atoms with van der Waals surface area (Å²) < 4.78 is 5.84. The maximum Gasteiger partial charge on any atom is 0.248 e. The van der Waals surface area contributed by atoms with E-state index in [-0.39, 0.29) is 0 Å². The van der Waals surface area contributed by atoms with Gasteiger partial charge in [0.2, 0.25) is 11.8 Å². The van der Waals surface area contributed by atoms with Crippen molar-refractivity contribution in [3.63, 3.8) is 0 Å². The molecule has 0 N–H and O–H groups in total. The van der Waals surface area contributed by atoms with Crippen molar-refractivity contribution < 1.29 is 4.42 Å². The highest BCUT2D eigenvalue weighted by Gasteiger charge is 2.24. The molecule has 5 nitrogen and oxygen atoms in total. The summed E-state index contributed by atoms with van der Waals surface area (Å²) in [4.78, 5) is 4.74. The summed E-state index contributed by atoms with van der Waals surface area (Å²) in [6, 6.07) is 17.6. The molecule has 5 heteroatoms. The van der Waals surface area contributed by atoms with Crippen LogP contribution in [-0.4, -0.2) is 48.3 Å². The molecule has 0 saturated carbocycles. The molecule has 1 aliphatic rings. The lowest BCUT2D eigenvalue weighted by atomic mass is 10.0. The molecule has 3 aromatic rings. The fourth-order valence-corrected chi connectivity index (χ4v) is 3.79. The first-order chi connectivity index (χ1) is 14.5. The summed E-state index contributed by atoms with van der Waals surface area (Å²) in [5.41, 5.74) is 4.63. The van der Waals surface area contributed by atoms with Crippen LogP contribution in [0.25, 0.3) is 23.6 Å². The summed E-state index contributed by atoms with van der Waals surface area (Å²) in [6.07, 6.45) is 5.06. The average Bonchev–Trinajstić information content (AvgIpc) is 3.43. The molecule has 2 heterocycles. The molecule has 1 unspecified atom stereocenters. The number of nitrogens with zero attached hydrogens (tertiary/aromatic N) is 4. The number of likely N-dealkylation sites (N-methyl/N-ethyl adjacent to an activating group) is 1. The molecule has 30 heavy (non-hydrogen) atoms. The Labute approximate surface area is 179 Å². The van der Waals surface area contributed by atoms with Crippen LogP contribution in [0.2, 0.25) is 0 Å². The quantitative estimate of drug-likeness (QED) is 0.569. The third kappa shape index (κ3) is 4.62. The van der Waals surface area contributed by atoms with E-state index >= 15 is 0 Å². The SMILES string of the molecule is CC(C)c1ccc(C=Cc2nnc(-c3ccc(N4CCC(N(C)C)C4)cc3)o2)cc1. The van der Waals surface area contributed by atoms with Crippen LogP contribution in [0, 0.1) is 0 Å². The number of rotatable bonds is 6. The predicted octanol–water partition coefficient (Wildman–Crippen LogP) is 5.17. The Bertz CT molecular complexity index is 987. The third-order valence-electron chi connectivity index (χ3n) is 5.84. The minimum atomic E-state index is 0.510. The Hall–Kier alpha value is -2.92. The lowest BCUT2D eigenvalue weighted by Crippen LogP contribution is -2.31. The highest BCUT2D eigenvalue weighted by Crippen LogP contribution is 2.26. The van der Waals surface area contributed by atoms with Crippen LogP contribution in [0.4, 0.5) is 5.69 Å². The number of benzene rings is 2. The molecule has 0 spiro atoms. The fourth-order valence-electron chi connectivity index (χ4n) is 3.79. The van der Waals surface area contributed by atoms with Crippen LogP contribution >= 0.6 is 0 Å². The zero-order chi connectivity index (χ0) is 21.1. The van der Waals surface area contributed by atoms with Crippen LogP contribution < -0.4 is 4.90 Å². The molecule has 1 aromatic heterocycles. The van der Waals surface area contributed by atoms with Gasteiger partial charge in [-0.1, -0.05) is 38.1 Å². The van der Waals surface area contributed by atoms with Crippen molar-refractivity contribution in [3.05, 3.63) is 65.5 Å². The standard InChI is InChI=1S/C25H30N4O/c1-18(2)20-8-5-19(6-9-20)7-14-24-26-27-25(30-24)21-10-12-22(13-11-21)29-16-15-23(17-29)28(3)4/h5-14,18,23H,15-17H2,1-4H3. The van der Waals surface area contributed by atoms with Crippen molar-refractivity contribution >= 4 is 17.8 Å². The summed E-state index contributed by atoms with van der Waals surface area (Å²) in [6.45, 7) is 6.56. The van der Waals surface area contributed by atoms with Crippen molar-refractivity contribution in [2.75, 3.05) is 32.1 Å². The van der Waals surface area contributed by atoms with E-state index in [9.17, 15) is 0 Å². The van der Waals surface area contributed by atoms with Gasteiger partial charge >= 0.3 is 0 Å². The summed E-state index contributed by atoms with van der Waals surface area (Å²) in [5.74, 6) is 1.59. The monoisotopic (exact) mass is 402 g/mol. The maximum atomic E-state index is 5.84. The van der Waals surface area contributed by atoms with E-state index in [1.165, 1.54) is 17.7 Å². The molecule has 1 atom stereocenters. The molecule has 0 radical (unpaired) electrons. The van der Waals surface area contributed by atoms with Gasteiger partial charge in [-0.05, 0) is 67.9 Å². The van der Waals surface area contributed by atoms with Gasteiger partial charge in [0.15, 0.2) is 0 Å². The van der Waals surface area contributed by atoms with E-state index in [2.05, 4.69) is 96.5 Å². The lowest BCUT2D eigenvalue weighted by Gasteiger charge is -2.21. The Kier molecular flexibility index (Phi) is 6.00. The Morgan fingerprint density at radius 1 is 1.00 bits per heavy atom. The van der Waals surface area contributed by atoms with Gasteiger partial charge in [-0.15, -0.1) is 10.2 Å². The van der Waals surface area contributed by atoms with Crippen molar-refractivity contribution in [1.29, 1.82) is 0 Å². The van der Waals surface area contributed by atoms with E-state index in [0.717, 1.165) is 24.2 Å². The predicted molar refractivity (Wildman–Crippen MR) is 123 cm³/mol. The van der Waals surface area contributed by atoms with Gasteiger partial charge in [-0.25, -0.2) is 0 Å². The van der Waals surface area contributed by atoms with Crippen molar-refractivity contribution in [3.8, 4) is 11.5 Å². The first kappa shape index (κ1) is 20.4. The van der Waals surface area contributed by atoms with Gasteiger partial charge < -0.3 is 14.2 Å². The Morgan fingerprint density at radius 3 is 2.37 bits per heavy atom. The number of hydrogen-bond donors (Lipinski definition) is 0. The van der Waals surface area contributed by atoms with Gasteiger partial charge in [-0.3, -0.25) is 0 Å². The largest absolute Gasteiger partial charge is 0.417 e. The molecule has 156 valence electrons. The second kappa shape index (κ2) is 8.84. The minimum absolute atomic E-state index is 0.510. The van der Waals surface area contributed by atoms with Crippen LogP contribution in [0.3, 0.4) is 0 Å². The van der Waals surface area contributed by atoms with Crippen LogP contribution in [0.5, 0.6) is 0 Å². The number of anilines is 1. The first-order valence-electron chi connectivity index (χ1n) is 10.6.